The van der Waals surface area contributed by atoms with Gasteiger partial charge in [0.1, 0.15) is 16.6 Å². The smallest absolute Gasteiger partial charge is 0.317 e. The lowest BCUT2D eigenvalue weighted by molar-refractivity contribution is -0.160. The van der Waals surface area contributed by atoms with Gasteiger partial charge >= 0.3 is 11.9 Å². The van der Waals surface area contributed by atoms with Gasteiger partial charge in [-0.3, -0.25) is 9.59 Å². The SMILES string of the molecule is CC1=C(C)C2(C)OC1(C)C1(CC(=O)O)C3CC4C(C)(C3)OC(=O)C421. The van der Waals surface area contributed by atoms with Crippen molar-refractivity contribution < 1.29 is 24.2 Å². The first-order valence-corrected chi connectivity index (χ1v) is 8.85. The summed E-state index contributed by atoms with van der Waals surface area (Å²) in [6, 6.07) is 0. The number of aliphatic carboxylic acids is 1. The summed E-state index contributed by atoms with van der Waals surface area (Å²) in [4.78, 5) is 25.3. The monoisotopic (exact) mass is 332 g/mol. The van der Waals surface area contributed by atoms with Gasteiger partial charge in [-0.15, -0.1) is 0 Å². The third-order valence-corrected chi connectivity index (χ3v) is 8.92. The van der Waals surface area contributed by atoms with Crippen LogP contribution in [0.5, 0.6) is 0 Å². The number of hydrogen-bond acceptors (Lipinski definition) is 4. The Morgan fingerprint density at radius 2 is 1.83 bits per heavy atom. The van der Waals surface area contributed by atoms with E-state index in [0.29, 0.717) is 0 Å². The lowest BCUT2D eigenvalue weighted by Gasteiger charge is -2.55. The molecule has 2 saturated heterocycles. The van der Waals surface area contributed by atoms with Crippen molar-refractivity contribution in [2.24, 2.45) is 22.7 Å². The Kier molecular flexibility index (Phi) is 2.15. The number of carbonyl (C=O) groups excluding carboxylic acids is 1. The largest absolute Gasteiger partial charge is 0.481 e. The van der Waals surface area contributed by atoms with E-state index in [2.05, 4.69) is 0 Å². The molecule has 7 atom stereocenters. The molecule has 2 saturated carbocycles. The van der Waals surface area contributed by atoms with Crippen molar-refractivity contribution in [2.45, 2.75) is 70.7 Å². The lowest BCUT2D eigenvalue weighted by Crippen LogP contribution is -2.64. The van der Waals surface area contributed by atoms with Crippen molar-refractivity contribution in [3.8, 4) is 0 Å². The normalized spacial score (nSPS) is 59.3. The Bertz CT molecular complexity index is 770. The van der Waals surface area contributed by atoms with Crippen molar-refractivity contribution in [1.82, 2.24) is 0 Å². The molecule has 3 heterocycles. The van der Waals surface area contributed by atoms with E-state index in [4.69, 9.17) is 9.47 Å². The summed E-state index contributed by atoms with van der Waals surface area (Å²) in [5.74, 6) is -0.897. The van der Waals surface area contributed by atoms with Crippen LogP contribution in [0.3, 0.4) is 0 Å². The van der Waals surface area contributed by atoms with Gasteiger partial charge in [0.15, 0.2) is 0 Å². The molecule has 4 fully saturated rings. The fourth-order valence-electron chi connectivity index (χ4n) is 8.11. The molecule has 0 radical (unpaired) electrons. The second kappa shape index (κ2) is 3.46. The van der Waals surface area contributed by atoms with E-state index in [0.717, 1.165) is 24.0 Å². The van der Waals surface area contributed by atoms with Gasteiger partial charge in [-0.25, -0.2) is 0 Å². The number of ether oxygens (including phenoxy) is 2. The van der Waals surface area contributed by atoms with Gasteiger partial charge in [0.05, 0.1) is 12.0 Å². The third kappa shape index (κ3) is 0.969. The van der Waals surface area contributed by atoms with Crippen LogP contribution < -0.4 is 0 Å². The zero-order valence-corrected chi connectivity index (χ0v) is 14.9. The molecule has 1 spiro atoms. The Hall–Kier alpha value is -1.36. The summed E-state index contributed by atoms with van der Waals surface area (Å²) < 4.78 is 12.6. The minimum atomic E-state index is -0.867. The summed E-state index contributed by atoms with van der Waals surface area (Å²) in [5.41, 5.74) is -1.34. The van der Waals surface area contributed by atoms with Crippen molar-refractivity contribution in [3.05, 3.63) is 11.1 Å². The third-order valence-electron chi connectivity index (χ3n) is 8.92. The fraction of sp³-hybridized carbons (Fsp3) is 0.789. The van der Waals surface area contributed by atoms with Crippen molar-refractivity contribution >= 4 is 11.9 Å². The first kappa shape index (κ1) is 14.9. The minimum absolute atomic E-state index is 0.0317. The maximum absolute atomic E-state index is 13.4. The number of fused-ring (bicyclic) bond motifs is 5. The number of carboxylic acid groups (broad SMARTS) is 1. The maximum Gasteiger partial charge on any atom is 0.317 e. The van der Waals surface area contributed by atoms with Gasteiger partial charge in [0.2, 0.25) is 0 Å². The second-order valence-corrected chi connectivity index (χ2v) is 9.16. The van der Waals surface area contributed by atoms with Crippen molar-refractivity contribution in [2.75, 3.05) is 0 Å². The van der Waals surface area contributed by atoms with Crippen LogP contribution in [0.15, 0.2) is 11.1 Å². The number of rotatable bonds is 2. The average Bonchev–Trinajstić information content (AvgIpc) is 3.08. The van der Waals surface area contributed by atoms with Crippen LogP contribution in [-0.2, 0) is 19.1 Å². The van der Waals surface area contributed by atoms with Gasteiger partial charge in [0.25, 0.3) is 0 Å². The van der Waals surface area contributed by atoms with Gasteiger partial charge < -0.3 is 14.6 Å². The summed E-state index contributed by atoms with van der Waals surface area (Å²) in [5, 5.41) is 9.77. The highest BCUT2D eigenvalue weighted by Gasteiger charge is 2.95. The number of esters is 1. The van der Waals surface area contributed by atoms with Gasteiger partial charge in [-0.2, -0.15) is 0 Å². The molecule has 130 valence electrons. The van der Waals surface area contributed by atoms with Gasteiger partial charge in [-0.1, -0.05) is 0 Å². The Labute approximate surface area is 141 Å². The molecule has 5 aliphatic rings. The summed E-state index contributed by atoms with van der Waals surface area (Å²) in [6.07, 6.45) is 1.58. The second-order valence-electron chi connectivity index (χ2n) is 9.16. The molecule has 4 bridgehead atoms. The summed E-state index contributed by atoms with van der Waals surface area (Å²) in [6.45, 7) is 10.1. The first-order valence-electron chi connectivity index (χ1n) is 8.85. The highest BCUT2D eigenvalue weighted by Crippen LogP contribution is 2.88. The Morgan fingerprint density at radius 3 is 2.46 bits per heavy atom. The van der Waals surface area contributed by atoms with E-state index < -0.39 is 33.6 Å². The molecule has 3 aliphatic heterocycles. The molecule has 0 aromatic heterocycles. The molecule has 5 heteroatoms. The summed E-state index contributed by atoms with van der Waals surface area (Å²) >= 11 is 0. The van der Waals surface area contributed by atoms with Crippen LogP contribution in [0, 0.1) is 22.7 Å². The Balaban J connectivity index is 1.91. The van der Waals surface area contributed by atoms with Crippen LogP contribution in [0.2, 0.25) is 0 Å². The van der Waals surface area contributed by atoms with Crippen LogP contribution >= 0.6 is 0 Å². The summed E-state index contributed by atoms with van der Waals surface area (Å²) in [7, 11) is 0. The molecule has 2 aliphatic carbocycles. The number of carbonyl (C=O) groups is 2. The standard InChI is InChI=1S/C19H24O5/c1-9-10(2)17(5)19-12-6-11(7-15(12,3)23-14(19)22)18(19,8-13(20)21)16(9,4)24-17/h11-12H,6-8H2,1-5H3,(H,20,21). The molecule has 1 N–H and O–H groups in total. The van der Waals surface area contributed by atoms with E-state index in [9.17, 15) is 14.7 Å². The van der Waals surface area contributed by atoms with E-state index >= 15 is 0 Å². The maximum atomic E-state index is 13.4. The molecular weight excluding hydrogens is 308 g/mol. The van der Waals surface area contributed by atoms with Gasteiger partial charge in [0, 0.05) is 11.3 Å². The molecular formula is C19H24O5. The topological polar surface area (TPSA) is 72.8 Å². The molecule has 0 amide bonds. The number of carboxylic acids is 1. The predicted octanol–water partition coefficient (Wildman–Crippen LogP) is 2.69. The highest BCUT2D eigenvalue weighted by atomic mass is 16.6. The van der Waals surface area contributed by atoms with Crippen LogP contribution in [-0.4, -0.2) is 33.8 Å². The predicted molar refractivity (Wildman–Crippen MR) is 84.1 cm³/mol. The van der Waals surface area contributed by atoms with Crippen LogP contribution in [0.1, 0.15) is 53.9 Å². The fourth-order valence-corrected chi connectivity index (χ4v) is 8.11. The molecule has 0 aromatic carbocycles. The van der Waals surface area contributed by atoms with E-state index in [1.165, 1.54) is 0 Å². The molecule has 24 heavy (non-hydrogen) atoms. The van der Waals surface area contributed by atoms with Crippen molar-refractivity contribution in [1.29, 1.82) is 0 Å². The van der Waals surface area contributed by atoms with E-state index in [1.54, 1.807) is 0 Å². The molecule has 5 nitrogen and oxygen atoms in total. The first-order chi connectivity index (χ1) is 11.0. The Morgan fingerprint density at radius 1 is 1.21 bits per heavy atom. The minimum Gasteiger partial charge on any atom is -0.481 e. The lowest BCUT2D eigenvalue weighted by atomic mass is 9.41. The van der Waals surface area contributed by atoms with E-state index in [1.807, 2.05) is 34.6 Å². The molecule has 0 aromatic rings. The molecule has 5 rings (SSSR count). The zero-order chi connectivity index (χ0) is 17.5. The van der Waals surface area contributed by atoms with Crippen LogP contribution in [0.25, 0.3) is 0 Å². The van der Waals surface area contributed by atoms with Gasteiger partial charge in [-0.05, 0) is 64.5 Å². The van der Waals surface area contributed by atoms with E-state index in [-0.39, 0.29) is 24.2 Å². The quantitative estimate of drug-likeness (QED) is 0.622. The van der Waals surface area contributed by atoms with Crippen LogP contribution in [0.4, 0.5) is 0 Å². The highest BCUT2D eigenvalue weighted by molar-refractivity contribution is 5.89. The average molecular weight is 332 g/mol. The molecule has 7 unspecified atom stereocenters. The van der Waals surface area contributed by atoms with Crippen molar-refractivity contribution in [3.63, 3.8) is 0 Å². The number of hydrogen-bond donors (Lipinski definition) is 1. The zero-order valence-electron chi connectivity index (χ0n) is 14.9.